The molecule has 0 aliphatic carbocycles. The zero-order valence-electron chi connectivity index (χ0n) is 10.2. The molecule has 0 unspecified atom stereocenters. The number of nitrogens with zero attached hydrogens (tertiary/aromatic N) is 1. The Balaban J connectivity index is 2.12. The molecule has 20 heavy (non-hydrogen) atoms. The topological polar surface area (TPSA) is 101 Å². The van der Waals surface area contributed by atoms with Crippen molar-refractivity contribution in [1.29, 1.82) is 0 Å². The maximum atomic E-state index is 12.1. The standard InChI is InChI=1S/C11H12Cl2N4O2S/c12-8-1-2-9(10(13)11(8)14)20(18,19)17-4-3-7-5-15-6-16-7/h1-2,5-6,17H,3-4,14H2,(H,15,16). The number of anilines is 1. The predicted molar refractivity (Wildman–Crippen MR) is 78.4 cm³/mol. The first-order valence-corrected chi connectivity index (χ1v) is 7.86. The molecule has 6 nitrogen and oxygen atoms in total. The van der Waals surface area contributed by atoms with Gasteiger partial charge in [0.05, 0.1) is 22.1 Å². The third-order valence-corrected chi connectivity index (χ3v) is 4.97. The lowest BCUT2D eigenvalue weighted by molar-refractivity contribution is 0.581. The van der Waals surface area contributed by atoms with Crippen LogP contribution in [0.5, 0.6) is 0 Å². The van der Waals surface area contributed by atoms with Gasteiger partial charge in [0.2, 0.25) is 10.0 Å². The maximum Gasteiger partial charge on any atom is 0.242 e. The summed E-state index contributed by atoms with van der Waals surface area (Å²) in [7, 11) is -3.74. The molecular weight excluding hydrogens is 323 g/mol. The summed E-state index contributed by atoms with van der Waals surface area (Å²) < 4.78 is 26.7. The van der Waals surface area contributed by atoms with Crippen LogP contribution in [0, 0.1) is 0 Å². The van der Waals surface area contributed by atoms with E-state index in [1.165, 1.54) is 18.5 Å². The smallest absolute Gasteiger partial charge is 0.242 e. The van der Waals surface area contributed by atoms with Gasteiger partial charge in [-0.2, -0.15) is 0 Å². The van der Waals surface area contributed by atoms with E-state index in [-0.39, 0.29) is 27.2 Å². The SMILES string of the molecule is Nc1c(Cl)ccc(S(=O)(=O)NCCc2cnc[nH]2)c1Cl. The summed E-state index contributed by atoms with van der Waals surface area (Å²) in [5.41, 5.74) is 6.49. The zero-order chi connectivity index (χ0) is 14.8. The molecule has 0 aliphatic heterocycles. The molecule has 0 saturated carbocycles. The Kier molecular flexibility index (Phi) is 4.54. The molecule has 1 aromatic heterocycles. The molecular formula is C11H12Cl2N4O2S. The second-order valence-electron chi connectivity index (χ2n) is 4.00. The number of aromatic nitrogens is 2. The Morgan fingerprint density at radius 2 is 2.10 bits per heavy atom. The molecule has 2 aromatic rings. The normalized spacial score (nSPS) is 11.7. The summed E-state index contributed by atoms with van der Waals surface area (Å²) in [6.07, 6.45) is 3.64. The quantitative estimate of drug-likeness (QED) is 0.726. The number of hydrogen-bond acceptors (Lipinski definition) is 4. The maximum absolute atomic E-state index is 12.1. The first-order chi connectivity index (χ1) is 9.42. The van der Waals surface area contributed by atoms with Crippen LogP contribution >= 0.6 is 23.2 Å². The highest BCUT2D eigenvalue weighted by molar-refractivity contribution is 7.89. The fourth-order valence-corrected chi connectivity index (χ4v) is 3.37. The molecule has 1 aromatic carbocycles. The van der Waals surface area contributed by atoms with Gasteiger partial charge in [-0.3, -0.25) is 0 Å². The van der Waals surface area contributed by atoms with Gasteiger partial charge in [0.25, 0.3) is 0 Å². The average Bonchev–Trinajstić information content (AvgIpc) is 2.88. The molecule has 0 atom stereocenters. The summed E-state index contributed by atoms with van der Waals surface area (Å²) in [6, 6.07) is 2.71. The lowest BCUT2D eigenvalue weighted by atomic mass is 10.3. The van der Waals surface area contributed by atoms with E-state index in [1.54, 1.807) is 6.20 Å². The number of nitrogen functional groups attached to an aromatic ring is 1. The van der Waals surface area contributed by atoms with Crippen molar-refractivity contribution >= 4 is 38.9 Å². The van der Waals surface area contributed by atoms with E-state index in [1.807, 2.05) is 0 Å². The molecule has 4 N–H and O–H groups in total. The number of hydrogen-bond donors (Lipinski definition) is 3. The summed E-state index contributed by atoms with van der Waals surface area (Å²) in [6.45, 7) is 0.212. The van der Waals surface area contributed by atoms with Crippen molar-refractivity contribution in [3.63, 3.8) is 0 Å². The summed E-state index contributed by atoms with van der Waals surface area (Å²) >= 11 is 11.7. The van der Waals surface area contributed by atoms with Crippen molar-refractivity contribution in [3.05, 3.63) is 40.4 Å². The monoisotopic (exact) mass is 334 g/mol. The van der Waals surface area contributed by atoms with Crippen LogP contribution in [0.3, 0.4) is 0 Å². The number of rotatable bonds is 5. The van der Waals surface area contributed by atoms with Crippen molar-refractivity contribution in [1.82, 2.24) is 14.7 Å². The van der Waals surface area contributed by atoms with Crippen LogP contribution in [0.4, 0.5) is 5.69 Å². The van der Waals surface area contributed by atoms with Crippen molar-refractivity contribution in [3.8, 4) is 0 Å². The molecule has 0 amide bonds. The number of imidazole rings is 1. The van der Waals surface area contributed by atoms with E-state index in [9.17, 15) is 8.42 Å². The molecule has 0 saturated heterocycles. The number of sulfonamides is 1. The Morgan fingerprint density at radius 1 is 1.35 bits per heavy atom. The largest absolute Gasteiger partial charge is 0.396 e. The second kappa shape index (κ2) is 6.01. The number of halogens is 2. The van der Waals surface area contributed by atoms with Crippen LogP contribution in [0.1, 0.15) is 5.69 Å². The van der Waals surface area contributed by atoms with Gasteiger partial charge in [-0.1, -0.05) is 23.2 Å². The molecule has 9 heteroatoms. The fraction of sp³-hybridized carbons (Fsp3) is 0.182. The third kappa shape index (κ3) is 3.24. The number of nitrogens with one attached hydrogen (secondary N) is 2. The van der Waals surface area contributed by atoms with Gasteiger partial charge in [-0.25, -0.2) is 18.1 Å². The third-order valence-electron chi connectivity index (χ3n) is 2.62. The summed E-state index contributed by atoms with van der Waals surface area (Å²) in [5.74, 6) is 0. The molecule has 2 rings (SSSR count). The van der Waals surface area contributed by atoms with Crippen LogP contribution in [0.15, 0.2) is 29.6 Å². The van der Waals surface area contributed by atoms with Gasteiger partial charge in [0.1, 0.15) is 4.90 Å². The van der Waals surface area contributed by atoms with E-state index >= 15 is 0 Å². The Hall–Kier alpha value is -1.28. The Bertz CT molecular complexity index is 701. The van der Waals surface area contributed by atoms with E-state index in [0.29, 0.717) is 6.42 Å². The molecule has 108 valence electrons. The van der Waals surface area contributed by atoms with Gasteiger partial charge in [0, 0.05) is 24.9 Å². The van der Waals surface area contributed by atoms with E-state index in [0.717, 1.165) is 5.69 Å². The highest BCUT2D eigenvalue weighted by Gasteiger charge is 2.20. The van der Waals surface area contributed by atoms with Crippen LogP contribution in [0.2, 0.25) is 10.0 Å². The van der Waals surface area contributed by atoms with Crippen molar-refractivity contribution < 1.29 is 8.42 Å². The first kappa shape index (κ1) is 15.1. The van der Waals surface area contributed by atoms with E-state index in [2.05, 4.69) is 14.7 Å². The average molecular weight is 335 g/mol. The number of aromatic amines is 1. The molecule has 0 fully saturated rings. The van der Waals surface area contributed by atoms with Gasteiger partial charge in [0.15, 0.2) is 0 Å². The van der Waals surface area contributed by atoms with Crippen LogP contribution in [0.25, 0.3) is 0 Å². The Morgan fingerprint density at radius 3 is 2.75 bits per heavy atom. The van der Waals surface area contributed by atoms with Crippen LogP contribution < -0.4 is 10.5 Å². The highest BCUT2D eigenvalue weighted by atomic mass is 35.5. The van der Waals surface area contributed by atoms with Crippen molar-refractivity contribution in [2.24, 2.45) is 0 Å². The number of nitrogens with two attached hydrogens (primary N) is 1. The van der Waals surface area contributed by atoms with Crippen LogP contribution in [-0.4, -0.2) is 24.9 Å². The van der Waals surface area contributed by atoms with Gasteiger partial charge in [-0.05, 0) is 12.1 Å². The van der Waals surface area contributed by atoms with Crippen molar-refractivity contribution in [2.45, 2.75) is 11.3 Å². The van der Waals surface area contributed by atoms with Gasteiger partial charge >= 0.3 is 0 Å². The highest BCUT2D eigenvalue weighted by Crippen LogP contribution is 2.32. The lowest BCUT2D eigenvalue weighted by Crippen LogP contribution is -2.26. The molecule has 0 radical (unpaired) electrons. The minimum atomic E-state index is -3.74. The summed E-state index contributed by atoms with van der Waals surface area (Å²) in [4.78, 5) is 6.64. The molecule has 1 heterocycles. The predicted octanol–water partition coefficient (Wildman–Crippen LogP) is 1.82. The van der Waals surface area contributed by atoms with Gasteiger partial charge in [-0.15, -0.1) is 0 Å². The molecule has 0 spiro atoms. The number of benzene rings is 1. The van der Waals surface area contributed by atoms with Crippen molar-refractivity contribution in [2.75, 3.05) is 12.3 Å². The number of H-pyrrole nitrogens is 1. The first-order valence-electron chi connectivity index (χ1n) is 5.62. The molecule has 0 bridgehead atoms. The Labute approximate surface area is 126 Å². The van der Waals surface area contributed by atoms with E-state index < -0.39 is 10.0 Å². The fourth-order valence-electron chi connectivity index (χ4n) is 1.58. The summed E-state index contributed by atoms with van der Waals surface area (Å²) in [5, 5.41) is 0.137. The zero-order valence-corrected chi connectivity index (χ0v) is 12.6. The minimum Gasteiger partial charge on any atom is -0.396 e. The van der Waals surface area contributed by atoms with Gasteiger partial charge < -0.3 is 10.7 Å². The molecule has 0 aliphatic rings. The minimum absolute atomic E-state index is 0.0461. The lowest BCUT2D eigenvalue weighted by Gasteiger charge is -2.10. The van der Waals surface area contributed by atoms with E-state index in [4.69, 9.17) is 28.9 Å². The van der Waals surface area contributed by atoms with Crippen LogP contribution in [-0.2, 0) is 16.4 Å². The second-order valence-corrected chi connectivity index (χ2v) is 6.52.